The minimum absolute atomic E-state index is 0.0204. The fourth-order valence-electron chi connectivity index (χ4n) is 3.43. The third kappa shape index (κ3) is 12.9. The summed E-state index contributed by atoms with van der Waals surface area (Å²) in [5, 5.41) is 18.0. The summed E-state index contributed by atoms with van der Waals surface area (Å²) in [7, 11) is 0. The van der Waals surface area contributed by atoms with Gasteiger partial charge in [0.05, 0.1) is 23.9 Å². The number of rotatable bonds is 6. The van der Waals surface area contributed by atoms with Crippen LogP contribution in [0.1, 0.15) is 87.8 Å². The monoisotopic (exact) mass is 704 g/mol. The van der Waals surface area contributed by atoms with Crippen LogP contribution in [0.2, 0.25) is 15.3 Å². The molecule has 12 nitrogen and oxygen atoms in total. The molecule has 0 aliphatic heterocycles. The second-order valence-electron chi connectivity index (χ2n) is 11.7. The lowest BCUT2D eigenvalue weighted by atomic mass is 9.92. The molecule has 4 heterocycles. The topological polar surface area (TPSA) is 168 Å². The van der Waals surface area contributed by atoms with E-state index in [9.17, 15) is 9.59 Å². The van der Waals surface area contributed by atoms with E-state index in [2.05, 4.69) is 82.0 Å². The highest BCUT2D eigenvalue weighted by Gasteiger charge is 2.19. The second-order valence-corrected chi connectivity index (χ2v) is 12.9. The van der Waals surface area contributed by atoms with Crippen LogP contribution in [-0.2, 0) is 20.3 Å². The Hall–Kier alpha value is -4.13. The van der Waals surface area contributed by atoms with Crippen molar-refractivity contribution in [2.24, 2.45) is 0 Å². The number of esters is 2. The summed E-state index contributed by atoms with van der Waals surface area (Å²) in [5.41, 5.74) is 7.97. The molecule has 0 saturated heterocycles. The van der Waals surface area contributed by atoms with Gasteiger partial charge in [0.1, 0.15) is 11.6 Å². The smallest absolute Gasteiger partial charge is 0.361 e. The molecule has 4 rings (SSSR count). The predicted octanol–water partition coefficient (Wildman–Crippen LogP) is 7.66. The van der Waals surface area contributed by atoms with Crippen LogP contribution in [0, 0.1) is 0 Å². The van der Waals surface area contributed by atoms with Crippen LogP contribution < -0.4 is 11.1 Å². The summed E-state index contributed by atoms with van der Waals surface area (Å²) < 4.78 is 9.66. The van der Waals surface area contributed by atoms with Gasteiger partial charge < -0.3 is 20.5 Å². The van der Waals surface area contributed by atoms with Crippen molar-refractivity contribution in [1.82, 2.24) is 30.4 Å². The Morgan fingerprint density at radius 3 is 1.70 bits per heavy atom. The molecule has 0 amide bonds. The van der Waals surface area contributed by atoms with Crippen molar-refractivity contribution < 1.29 is 19.1 Å². The Balaban J connectivity index is 0.000000270. The highest BCUT2D eigenvalue weighted by atomic mass is 35.5. The summed E-state index contributed by atoms with van der Waals surface area (Å²) in [6, 6.07) is 14.2. The van der Waals surface area contributed by atoms with E-state index >= 15 is 0 Å². The van der Waals surface area contributed by atoms with Gasteiger partial charge in [0.25, 0.3) is 0 Å². The van der Waals surface area contributed by atoms with E-state index in [0.29, 0.717) is 17.3 Å². The van der Waals surface area contributed by atoms with E-state index in [1.807, 2.05) is 24.3 Å². The van der Waals surface area contributed by atoms with Crippen LogP contribution in [-0.4, -0.2) is 55.5 Å². The number of carbonyl (C=O) groups is 2. The molecule has 47 heavy (non-hydrogen) atoms. The minimum atomic E-state index is -0.600. The van der Waals surface area contributed by atoms with Gasteiger partial charge in [-0.15, -0.1) is 20.4 Å². The Kier molecular flexibility index (Phi) is 14.7. The third-order valence-corrected chi connectivity index (χ3v) is 6.40. The van der Waals surface area contributed by atoms with Crippen LogP contribution in [0.5, 0.6) is 0 Å². The number of anilines is 3. The molecule has 4 aromatic rings. The van der Waals surface area contributed by atoms with Gasteiger partial charge >= 0.3 is 11.9 Å². The van der Waals surface area contributed by atoms with Gasteiger partial charge in [-0.3, -0.25) is 0 Å². The van der Waals surface area contributed by atoms with Crippen molar-refractivity contribution in [1.29, 1.82) is 0 Å². The van der Waals surface area contributed by atoms with Crippen LogP contribution in [0.15, 0.2) is 48.5 Å². The van der Waals surface area contributed by atoms with Crippen molar-refractivity contribution in [2.45, 2.75) is 66.2 Å². The van der Waals surface area contributed by atoms with E-state index < -0.39 is 11.9 Å². The predicted molar refractivity (Wildman–Crippen MR) is 185 cm³/mol. The molecule has 15 heteroatoms. The fraction of sp³-hybridized carbons (Fsp3) is 0.375. The molecule has 3 N–H and O–H groups in total. The highest BCUT2D eigenvalue weighted by molar-refractivity contribution is 6.35. The van der Waals surface area contributed by atoms with Crippen LogP contribution in [0.4, 0.5) is 17.3 Å². The normalized spacial score (nSPS) is 10.9. The molecule has 0 aliphatic rings. The van der Waals surface area contributed by atoms with E-state index in [-0.39, 0.29) is 50.8 Å². The third-order valence-electron chi connectivity index (χ3n) is 5.74. The number of pyridine rings is 2. The first kappa shape index (κ1) is 39.1. The molecular formula is C32H39Cl3N8O4. The Labute approximate surface area is 289 Å². The molecule has 0 saturated carbocycles. The zero-order valence-electron chi connectivity index (χ0n) is 27.6. The first-order valence-corrected chi connectivity index (χ1v) is 15.6. The number of ether oxygens (including phenoxy) is 2. The number of nitrogens with one attached hydrogen (secondary N) is 1. The van der Waals surface area contributed by atoms with Crippen LogP contribution in [0.3, 0.4) is 0 Å². The molecule has 0 bridgehead atoms. The fourth-order valence-corrected chi connectivity index (χ4v) is 4.00. The summed E-state index contributed by atoms with van der Waals surface area (Å²) >= 11 is 17.0. The Morgan fingerprint density at radius 1 is 0.723 bits per heavy atom. The number of nitrogens with two attached hydrogens (primary N) is 1. The largest absolute Gasteiger partial charge is 0.461 e. The van der Waals surface area contributed by atoms with Gasteiger partial charge in [-0.05, 0) is 44.2 Å². The number of nitrogens with zero attached hydrogens (tertiary/aromatic N) is 6. The minimum Gasteiger partial charge on any atom is -0.461 e. The van der Waals surface area contributed by atoms with E-state index in [0.717, 1.165) is 11.4 Å². The molecular weight excluding hydrogens is 667 g/mol. The van der Waals surface area contributed by atoms with Gasteiger partial charge in [-0.1, -0.05) is 88.5 Å². The van der Waals surface area contributed by atoms with E-state index in [4.69, 9.17) is 45.3 Å². The molecule has 0 fully saturated rings. The molecule has 0 aromatic carbocycles. The zero-order valence-corrected chi connectivity index (χ0v) is 29.8. The van der Waals surface area contributed by atoms with Crippen molar-refractivity contribution in [3.8, 4) is 0 Å². The molecule has 0 spiro atoms. The molecule has 252 valence electrons. The van der Waals surface area contributed by atoms with Crippen molar-refractivity contribution in [3.63, 3.8) is 0 Å². The van der Waals surface area contributed by atoms with Gasteiger partial charge in [0.2, 0.25) is 0 Å². The standard InChI is InChI=1S/C16H19ClN4O2.C9H14N2.C7H6Cl2N2O2/c1-5-23-15(22)14-10(9-12(17)20-21-14)18-13-8-6-7-11(19-13)16(2,3)4;1-9(2,3)7-5-4-6-8(10)11-7;1-2-13-7(12)6-4(8)3-5(9)10-11-6/h6-9H,5H2,1-4H3,(H,18,19,20);4-6H,1-3H3,(H2,10,11);3H,2H2,1H3. The zero-order chi connectivity index (χ0) is 35.4. The number of nitrogen functional groups attached to an aromatic ring is 1. The van der Waals surface area contributed by atoms with Gasteiger partial charge in [-0.25, -0.2) is 19.6 Å². The number of hydrogen-bond acceptors (Lipinski definition) is 12. The number of hydrogen-bond donors (Lipinski definition) is 2. The summed E-state index contributed by atoms with van der Waals surface area (Å²) in [4.78, 5) is 31.9. The Bertz CT molecular complexity index is 1660. The molecule has 0 aliphatic carbocycles. The first-order chi connectivity index (χ1) is 22.0. The van der Waals surface area contributed by atoms with Crippen LogP contribution >= 0.6 is 34.8 Å². The van der Waals surface area contributed by atoms with Crippen LogP contribution in [0.25, 0.3) is 0 Å². The maximum Gasteiger partial charge on any atom is 0.361 e. The molecule has 0 unspecified atom stereocenters. The first-order valence-electron chi connectivity index (χ1n) is 14.5. The van der Waals surface area contributed by atoms with Gasteiger partial charge in [0.15, 0.2) is 21.7 Å². The highest BCUT2D eigenvalue weighted by Crippen LogP contribution is 2.25. The van der Waals surface area contributed by atoms with Crippen molar-refractivity contribution >= 4 is 64.1 Å². The molecule has 0 radical (unpaired) electrons. The SMILES string of the molecule is CC(C)(C)c1cccc(N)n1.CCOC(=O)c1nnc(Cl)cc1Cl.CCOC(=O)c1nnc(Cl)cc1Nc1cccc(C(C)(C)C)n1. The van der Waals surface area contributed by atoms with Crippen molar-refractivity contribution in [2.75, 3.05) is 24.3 Å². The van der Waals surface area contributed by atoms with Crippen molar-refractivity contribution in [3.05, 3.63) is 86.6 Å². The molecule has 0 atom stereocenters. The average molecular weight is 706 g/mol. The maximum absolute atomic E-state index is 12.0. The maximum atomic E-state index is 12.0. The lowest BCUT2D eigenvalue weighted by molar-refractivity contribution is 0.0509. The Morgan fingerprint density at radius 2 is 1.21 bits per heavy atom. The lowest BCUT2D eigenvalue weighted by Crippen LogP contribution is -2.15. The number of carbonyl (C=O) groups excluding carboxylic acids is 2. The number of halogens is 3. The number of aromatic nitrogens is 6. The summed E-state index contributed by atoms with van der Waals surface area (Å²) in [6.45, 7) is 16.5. The van der Waals surface area contributed by atoms with E-state index in [1.54, 1.807) is 26.0 Å². The lowest BCUT2D eigenvalue weighted by Gasteiger charge is -2.18. The summed E-state index contributed by atoms with van der Waals surface area (Å²) in [5.74, 6) is 0.0206. The molecule has 4 aromatic heterocycles. The van der Waals surface area contributed by atoms with Gasteiger partial charge in [0, 0.05) is 28.3 Å². The summed E-state index contributed by atoms with van der Waals surface area (Å²) in [6.07, 6.45) is 0. The second kappa shape index (κ2) is 17.7. The average Bonchev–Trinajstić information content (AvgIpc) is 2.97. The van der Waals surface area contributed by atoms with Gasteiger partial charge in [-0.2, -0.15) is 0 Å². The quantitative estimate of drug-likeness (QED) is 0.188. The van der Waals surface area contributed by atoms with E-state index in [1.165, 1.54) is 12.1 Å².